The Hall–Kier alpha value is -1.22. The van der Waals surface area contributed by atoms with E-state index < -0.39 is 0 Å². The van der Waals surface area contributed by atoms with Crippen LogP contribution in [-0.2, 0) is 6.42 Å². The molecule has 1 saturated carbocycles. The zero-order valence-corrected chi connectivity index (χ0v) is 18.5. The Kier molecular flexibility index (Phi) is 8.77. The molecule has 1 aromatic heterocycles. The van der Waals surface area contributed by atoms with Crippen LogP contribution in [0, 0.1) is 0 Å². The van der Waals surface area contributed by atoms with Crippen molar-refractivity contribution in [3.05, 3.63) is 48.3 Å². The lowest BCUT2D eigenvalue weighted by atomic mass is 10.1. The molecule has 1 aliphatic carbocycles. The van der Waals surface area contributed by atoms with E-state index >= 15 is 0 Å². The van der Waals surface area contributed by atoms with Crippen LogP contribution in [0.3, 0.4) is 0 Å². The Balaban J connectivity index is 0.00000243. The summed E-state index contributed by atoms with van der Waals surface area (Å²) in [7, 11) is 1.84. The Morgan fingerprint density at radius 3 is 2.73 bits per heavy atom. The summed E-state index contributed by atoms with van der Waals surface area (Å²) in [4.78, 5) is 4.36. The minimum absolute atomic E-state index is 0. The molecule has 0 bridgehead atoms. The molecule has 0 spiro atoms. The number of nitrogens with zero attached hydrogens (tertiary/aromatic N) is 3. The summed E-state index contributed by atoms with van der Waals surface area (Å²) in [5.41, 5.74) is 2.39. The van der Waals surface area contributed by atoms with Crippen LogP contribution in [0.15, 0.2) is 47.7 Å². The first kappa shape index (κ1) is 21.1. The average Bonchev–Trinajstić information content (AvgIpc) is 3.33. The zero-order valence-electron chi connectivity index (χ0n) is 15.4. The summed E-state index contributed by atoms with van der Waals surface area (Å²) in [6.45, 7) is 0.874. The molecular formula is C19H28IN5S. The van der Waals surface area contributed by atoms with E-state index in [-0.39, 0.29) is 24.0 Å². The number of aliphatic imine (C=N–C) groups is 1. The fourth-order valence-electron chi connectivity index (χ4n) is 3.24. The van der Waals surface area contributed by atoms with Crippen molar-refractivity contribution >= 4 is 41.7 Å². The van der Waals surface area contributed by atoms with Crippen LogP contribution in [-0.4, -0.2) is 46.9 Å². The maximum atomic E-state index is 4.36. The molecule has 7 heteroatoms. The van der Waals surface area contributed by atoms with Gasteiger partial charge in [-0.2, -0.15) is 16.9 Å². The van der Waals surface area contributed by atoms with E-state index in [0.29, 0.717) is 6.04 Å². The van der Waals surface area contributed by atoms with Crippen LogP contribution in [0.2, 0.25) is 0 Å². The predicted octanol–water partition coefficient (Wildman–Crippen LogP) is 3.48. The summed E-state index contributed by atoms with van der Waals surface area (Å²) in [6, 6.07) is 11.0. The van der Waals surface area contributed by atoms with Crippen molar-refractivity contribution < 1.29 is 0 Å². The summed E-state index contributed by atoms with van der Waals surface area (Å²) in [5, 5.41) is 12.0. The molecule has 1 aliphatic rings. The molecule has 0 radical (unpaired) electrons. The highest BCUT2D eigenvalue weighted by molar-refractivity contribution is 14.0. The number of thioether (sulfide) groups is 1. The van der Waals surface area contributed by atoms with Crippen molar-refractivity contribution in [1.29, 1.82) is 0 Å². The number of hydrogen-bond donors (Lipinski definition) is 2. The van der Waals surface area contributed by atoms with E-state index in [9.17, 15) is 0 Å². The van der Waals surface area contributed by atoms with Gasteiger partial charge in [0.1, 0.15) is 0 Å². The second-order valence-corrected chi connectivity index (χ2v) is 7.52. The molecule has 2 unspecified atom stereocenters. The molecule has 0 saturated heterocycles. The highest BCUT2D eigenvalue weighted by Gasteiger charge is 2.24. The van der Waals surface area contributed by atoms with E-state index in [4.69, 9.17) is 0 Å². The van der Waals surface area contributed by atoms with E-state index in [1.165, 1.54) is 24.8 Å². The van der Waals surface area contributed by atoms with Crippen LogP contribution >= 0.6 is 35.7 Å². The van der Waals surface area contributed by atoms with Crippen molar-refractivity contribution in [2.75, 3.05) is 19.8 Å². The van der Waals surface area contributed by atoms with Crippen molar-refractivity contribution in [2.24, 2.45) is 4.99 Å². The Morgan fingerprint density at radius 2 is 2.12 bits per heavy atom. The van der Waals surface area contributed by atoms with Gasteiger partial charge in [0.25, 0.3) is 0 Å². The zero-order chi connectivity index (χ0) is 17.5. The normalized spacial score (nSPS) is 19.8. The number of benzene rings is 1. The molecule has 2 atom stereocenters. The molecule has 3 rings (SSSR count). The van der Waals surface area contributed by atoms with Gasteiger partial charge in [-0.05, 0) is 55.7 Å². The van der Waals surface area contributed by atoms with E-state index in [2.05, 4.69) is 51.2 Å². The van der Waals surface area contributed by atoms with E-state index in [1.807, 2.05) is 35.8 Å². The lowest BCUT2D eigenvalue weighted by molar-refractivity contribution is 0.614. The number of guanidine groups is 1. The number of aromatic nitrogens is 2. The van der Waals surface area contributed by atoms with Gasteiger partial charge in [-0.3, -0.25) is 4.99 Å². The van der Waals surface area contributed by atoms with Gasteiger partial charge in [-0.25, -0.2) is 4.68 Å². The van der Waals surface area contributed by atoms with Crippen LogP contribution in [0.4, 0.5) is 0 Å². The van der Waals surface area contributed by atoms with Gasteiger partial charge < -0.3 is 10.6 Å². The minimum atomic E-state index is 0. The maximum absolute atomic E-state index is 4.36. The van der Waals surface area contributed by atoms with Gasteiger partial charge in [0, 0.05) is 37.3 Å². The van der Waals surface area contributed by atoms with Gasteiger partial charge in [-0.15, -0.1) is 24.0 Å². The van der Waals surface area contributed by atoms with Crippen molar-refractivity contribution in [2.45, 2.75) is 37.0 Å². The monoisotopic (exact) mass is 485 g/mol. The van der Waals surface area contributed by atoms with Crippen molar-refractivity contribution in [3.8, 4) is 5.69 Å². The smallest absolute Gasteiger partial charge is 0.191 e. The molecule has 142 valence electrons. The highest BCUT2D eigenvalue weighted by Crippen LogP contribution is 2.27. The van der Waals surface area contributed by atoms with Crippen molar-refractivity contribution in [3.63, 3.8) is 0 Å². The third-order valence-corrected chi connectivity index (χ3v) is 5.79. The topological polar surface area (TPSA) is 54.2 Å². The molecular weight excluding hydrogens is 457 g/mol. The maximum Gasteiger partial charge on any atom is 0.191 e. The summed E-state index contributed by atoms with van der Waals surface area (Å²) in [5.74, 6) is 0.917. The molecule has 0 amide bonds. The standard InChI is InChI=1S/C19H27N5S.HI/c1-20-19(23-16-6-9-18(14-16)25-2)21-12-10-15-4-7-17(8-5-15)24-13-3-11-22-24;/h3-5,7-8,11,13,16,18H,6,9-10,12,14H2,1-2H3,(H2,20,21,23);1H. The SMILES string of the molecule is CN=C(NCCc1ccc(-n2cccn2)cc1)NC1CCC(SC)C1.I. The number of hydrogen-bond acceptors (Lipinski definition) is 3. The van der Waals surface area contributed by atoms with Gasteiger partial charge in [0.2, 0.25) is 0 Å². The van der Waals surface area contributed by atoms with Gasteiger partial charge in [0.15, 0.2) is 5.96 Å². The largest absolute Gasteiger partial charge is 0.356 e. The summed E-state index contributed by atoms with van der Waals surface area (Å²) >= 11 is 1.98. The minimum Gasteiger partial charge on any atom is -0.356 e. The molecule has 1 fully saturated rings. The molecule has 5 nitrogen and oxygen atoms in total. The van der Waals surface area contributed by atoms with Crippen LogP contribution in [0.5, 0.6) is 0 Å². The second kappa shape index (κ2) is 10.8. The lowest BCUT2D eigenvalue weighted by Crippen LogP contribution is -2.43. The van der Waals surface area contributed by atoms with E-state index in [0.717, 1.165) is 29.9 Å². The fraction of sp³-hybridized carbons (Fsp3) is 0.474. The van der Waals surface area contributed by atoms with Crippen LogP contribution in [0.1, 0.15) is 24.8 Å². The quantitative estimate of drug-likeness (QED) is 0.374. The summed E-state index contributed by atoms with van der Waals surface area (Å²) in [6.07, 6.45) is 10.7. The Labute approximate surface area is 177 Å². The molecule has 1 heterocycles. The molecule has 2 N–H and O–H groups in total. The van der Waals surface area contributed by atoms with Gasteiger partial charge >= 0.3 is 0 Å². The lowest BCUT2D eigenvalue weighted by Gasteiger charge is -2.17. The fourth-order valence-corrected chi connectivity index (χ4v) is 4.03. The molecule has 0 aliphatic heterocycles. The van der Waals surface area contributed by atoms with Crippen LogP contribution in [0.25, 0.3) is 5.69 Å². The molecule has 2 aromatic rings. The molecule has 1 aromatic carbocycles. The Bertz CT molecular complexity index is 672. The van der Waals surface area contributed by atoms with Crippen molar-refractivity contribution in [1.82, 2.24) is 20.4 Å². The predicted molar refractivity (Wildman–Crippen MR) is 122 cm³/mol. The third-order valence-electron chi connectivity index (χ3n) is 4.69. The van der Waals surface area contributed by atoms with Gasteiger partial charge in [-0.1, -0.05) is 12.1 Å². The first-order valence-electron chi connectivity index (χ1n) is 8.87. The Morgan fingerprint density at radius 1 is 1.31 bits per heavy atom. The summed E-state index contributed by atoms with van der Waals surface area (Å²) < 4.78 is 1.87. The number of halogens is 1. The second-order valence-electron chi connectivity index (χ2n) is 6.38. The first-order chi connectivity index (χ1) is 12.3. The number of rotatable bonds is 6. The molecule has 26 heavy (non-hydrogen) atoms. The van der Waals surface area contributed by atoms with Gasteiger partial charge in [0.05, 0.1) is 5.69 Å². The van der Waals surface area contributed by atoms with E-state index in [1.54, 1.807) is 6.20 Å². The number of nitrogens with one attached hydrogen (secondary N) is 2. The average molecular weight is 485 g/mol. The van der Waals surface area contributed by atoms with Crippen LogP contribution < -0.4 is 10.6 Å². The highest BCUT2D eigenvalue weighted by atomic mass is 127. The third kappa shape index (κ3) is 5.90. The first-order valence-corrected chi connectivity index (χ1v) is 10.2.